The Morgan fingerprint density at radius 1 is 1.24 bits per heavy atom. The number of hydrogen-bond acceptors (Lipinski definition) is 6. The highest BCUT2D eigenvalue weighted by molar-refractivity contribution is 7.89. The van der Waals surface area contributed by atoms with Gasteiger partial charge in [0.25, 0.3) is 0 Å². The van der Waals surface area contributed by atoms with E-state index < -0.39 is 16.0 Å². The van der Waals surface area contributed by atoms with E-state index in [0.29, 0.717) is 13.1 Å². The fourth-order valence-corrected chi connectivity index (χ4v) is 2.91. The number of esters is 1. The number of methoxy groups -OCH3 is 1. The molecule has 0 aliphatic carbocycles. The van der Waals surface area contributed by atoms with Crippen molar-refractivity contribution in [3.8, 4) is 0 Å². The van der Waals surface area contributed by atoms with E-state index in [9.17, 15) is 13.2 Å². The standard InChI is InChI=1S/C13H21N3O4S/c1-15(2)7-8-16(3)21(18,19)12-6-5-10(9-11(12)14)13(17)20-4/h5-6,9H,7-8,14H2,1-4H3. The Labute approximate surface area is 125 Å². The average Bonchev–Trinajstić information content (AvgIpc) is 2.43. The van der Waals surface area contributed by atoms with E-state index in [1.165, 1.54) is 36.7 Å². The van der Waals surface area contributed by atoms with Crippen molar-refractivity contribution in [1.29, 1.82) is 0 Å². The van der Waals surface area contributed by atoms with Crippen LogP contribution in [-0.2, 0) is 14.8 Å². The zero-order valence-corrected chi connectivity index (χ0v) is 13.5. The second kappa shape index (κ2) is 6.88. The largest absolute Gasteiger partial charge is 0.465 e. The minimum Gasteiger partial charge on any atom is -0.465 e. The predicted molar refractivity (Wildman–Crippen MR) is 80.6 cm³/mol. The van der Waals surface area contributed by atoms with Crippen LogP contribution in [0.2, 0.25) is 0 Å². The normalized spacial score (nSPS) is 11.9. The van der Waals surface area contributed by atoms with Crippen molar-refractivity contribution in [3.63, 3.8) is 0 Å². The lowest BCUT2D eigenvalue weighted by atomic mass is 10.2. The number of carbonyl (C=O) groups is 1. The van der Waals surface area contributed by atoms with Crippen molar-refractivity contribution < 1.29 is 17.9 Å². The van der Waals surface area contributed by atoms with Gasteiger partial charge in [-0.3, -0.25) is 0 Å². The number of ether oxygens (including phenoxy) is 1. The fourth-order valence-electron chi connectivity index (χ4n) is 1.66. The van der Waals surface area contributed by atoms with Crippen molar-refractivity contribution in [3.05, 3.63) is 23.8 Å². The van der Waals surface area contributed by atoms with Gasteiger partial charge in [-0.15, -0.1) is 0 Å². The number of sulfonamides is 1. The van der Waals surface area contributed by atoms with E-state index in [-0.39, 0.29) is 16.1 Å². The molecule has 0 bridgehead atoms. The van der Waals surface area contributed by atoms with Crippen LogP contribution in [0.3, 0.4) is 0 Å². The molecule has 0 saturated carbocycles. The van der Waals surface area contributed by atoms with E-state index in [2.05, 4.69) is 4.74 Å². The van der Waals surface area contributed by atoms with Gasteiger partial charge < -0.3 is 15.4 Å². The monoisotopic (exact) mass is 315 g/mol. The van der Waals surface area contributed by atoms with Crippen LogP contribution in [0.25, 0.3) is 0 Å². The molecule has 0 heterocycles. The highest BCUT2D eigenvalue weighted by Crippen LogP contribution is 2.23. The maximum Gasteiger partial charge on any atom is 0.337 e. The summed E-state index contributed by atoms with van der Waals surface area (Å²) in [4.78, 5) is 13.3. The second-order valence-electron chi connectivity index (χ2n) is 4.87. The smallest absolute Gasteiger partial charge is 0.337 e. The van der Waals surface area contributed by atoms with Crippen LogP contribution < -0.4 is 5.73 Å². The average molecular weight is 315 g/mol. The number of rotatable bonds is 6. The van der Waals surface area contributed by atoms with Crippen molar-refractivity contribution in [1.82, 2.24) is 9.21 Å². The molecule has 0 spiro atoms. The minimum absolute atomic E-state index is 0.0172. The number of nitrogen functional groups attached to an aromatic ring is 1. The van der Waals surface area contributed by atoms with Crippen molar-refractivity contribution in [2.75, 3.05) is 47.1 Å². The van der Waals surface area contributed by atoms with E-state index in [0.717, 1.165) is 0 Å². The molecule has 0 atom stereocenters. The Bertz CT molecular complexity index is 614. The van der Waals surface area contributed by atoms with E-state index >= 15 is 0 Å². The maximum atomic E-state index is 12.4. The van der Waals surface area contributed by atoms with Crippen molar-refractivity contribution >= 4 is 21.7 Å². The molecule has 0 fully saturated rings. The van der Waals surface area contributed by atoms with Gasteiger partial charge in [-0.25, -0.2) is 13.2 Å². The molecule has 8 heteroatoms. The van der Waals surface area contributed by atoms with Crippen molar-refractivity contribution in [2.45, 2.75) is 4.90 Å². The van der Waals surface area contributed by atoms with Crippen LogP contribution >= 0.6 is 0 Å². The Balaban J connectivity index is 3.06. The first kappa shape index (κ1) is 17.4. The summed E-state index contributed by atoms with van der Waals surface area (Å²) in [6, 6.07) is 4.01. The van der Waals surface area contributed by atoms with Crippen LogP contribution in [0.4, 0.5) is 5.69 Å². The van der Waals surface area contributed by atoms with Gasteiger partial charge in [-0.05, 0) is 32.3 Å². The summed E-state index contributed by atoms with van der Waals surface area (Å²) in [7, 11) is 2.78. The Kier molecular flexibility index (Phi) is 5.70. The molecule has 0 amide bonds. The van der Waals surface area contributed by atoms with E-state index in [1.54, 1.807) is 0 Å². The number of carbonyl (C=O) groups excluding carboxylic acids is 1. The third-order valence-corrected chi connectivity index (χ3v) is 4.91. The van der Waals surface area contributed by atoms with Gasteiger partial charge in [0.2, 0.25) is 10.0 Å². The topological polar surface area (TPSA) is 92.9 Å². The highest BCUT2D eigenvalue weighted by Gasteiger charge is 2.24. The molecule has 1 aromatic carbocycles. The number of nitrogens with zero attached hydrogens (tertiary/aromatic N) is 2. The summed E-state index contributed by atoms with van der Waals surface area (Å²) in [6.45, 7) is 0.934. The zero-order chi connectivity index (χ0) is 16.2. The third-order valence-electron chi connectivity index (χ3n) is 2.98. The summed E-state index contributed by atoms with van der Waals surface area (Å²) in [5, 5.41) is 0. The molecule has 0 aliphatic heterocycles. The second-order valence-corrected chi connectivity index (χ2v) is 6.89. The van der Waals surface area contributed by atoms with Gasteiger partial charge in [-0.2, -0.15) is 4.31 Å². The van der Waals surface area contributed by atoms with E-state index in [1.807, 2.05) is 19.0 Å². The first-order valence-corrected chi connectivity index (χ1v) is 7.73. The summed E-state index contributed by atoms with van der Waals surface area (Å²) >= 11 is 0. The lowest BCUT2D eigenvalue weighted by molar-refractivity contribution is 0.0600. The first-order valence-electron chi connectivity index (χ1n) is 6.29. The molecule has 0 aliphatic rings. The van der Waals surface area contributed by atoms with E-state index in [4.69, 9.17) is 5.73 Å². The summed E-state index contributed by atoms with van der Waals surface area (Å²) < 4.78 is 30.7. The first-order chi connectivity index (χ1) is 9.70. The number of hydrogen-bond donors (Lipinski definition) is 1. The molecule has 118 valence electrons. The molecule has 0 aromatic heterocycles. The SMILES string of the molecule is COC(=O)c1ccc(S(=O)(=O)N(C)CCN(C)C)c(N)c1. The quantitative estimate of drug-likeness (QED) is 0.597. The summed E-state index contributed by atoms with van der Waals surface area (Å²) in [6.07, 6.45) is 0. The Hall–Kier alpha value is -1.64. The van der Waals surface area contributed by atoms with Crippen LogP contribution in [0, 0.1) is 0 Å². The lowest BCUT2D eigenvalue weighted by Crippen LogP contribution is -2.33. The van der Waals surface area contributed by atoms with Gasteiger partial charge in [-0.1, -0.05) is 0 Å². The number of benzene rings is 1. The number of nitrogens with two attached hydrogens (primary N) is 1. The lowest BCUT2D eigenvalue weighted by Gasteiger charge is -2.20. The molecule has 2 N–H and O–H groups in total. The molecule has 0 saturated heterocycles. The third kappa shape index (κ3) is 4.16. The highest BCUT2D eigenvalue weighted by atomic mass is 32.2. The van der Waals surface area contributed by atoms with Crippen LogP contribution in [0.1, 0.15) is 10.4 Å². The fraction of sp³-hybridized carbons (Fsp3) is 0.462. The van der Waals surface area contributed by atoms with Crippen molar-refractivity contribution in [2.24, 2.45) is 0 Å². The zero-order valence-electron chi connectivity index (χ0n) is 12.7. The molecule has 21 heavy (non-hydrogen) atoms. The maximum absolute atomic E-state index is 12.4. The Morgan fingerprint density at radius 3 is 2.33 bits per heavy atom. The van der Waals surface area contributed by atoms with Gasteiger partial charge in [0.15, 0.2) is 0 Å². The van der Waals surface area contributed by atoms with Gasteiger partial charge in [0, 0.05) is 20.1 Å². The number of anilines is 1. The van der Waals surface area contributed by atoms with Crippen LogP contribution in [-0.4, -0.2) is 64.9 Å². The molecular formula is C13H21N3O4S. The van der Waals surface area contributed by atoms with Gasteiger partial charge in [0.1, 0.15) is 4.90 Å². The van der Waals surface area contributed by atoms with Crippen LogP contribution in [0.15, 0.2) is 23.1 Å². The number of likely N-dealkylation sites (N-methyl/N-ethyl adjacent to an activating group) is 2. The Morgan fingerprint density at radius 2 is 1.86 bits per heavy atom. The summed E-state index contributed by atoms with van der Waals surface area (Å²) in [5.41, 5.74) is 6.01. The molecular weight excluding hydrogens is 294 g/mol. The van der Waals surface area contributed by atoms with Crippen LogP contribution in [0.5, 0.6) is 0 Å². The summed E-state index contributed by atoms with van der Waals surface area (Å²) in [5.74, 6) is -0.563. The molecule has 0 unspecified atom stereocenters. The molecule has 7 nitrogen and oxygen atoms in total. The minimum atomic E-state index is -3.68. The molecule has 0 radical (unpaired) electrons. The van der Waals surface area contributed by atoms with Gasteiger partial charge >= 0.3 is 5.97 Å². The van der Waals surface area contributed by atoms with Gasteiger partial charge in [0.05, 0.1) is 18.4 Å². The molecule has 1 rings (SSSR count). The predicted octanol–water partition coefficient (Wildman–Crippen LogP) is 0.238. The molecule has 1 aromatic rings.